The summed E-state index contributed by atoms with van der Waals surface area (Å²) in [5, 5.41) is 8.85. The molecule has 0 fully saturated rings. The van der Waals surface area contributed by atoms with Gasteiger partial charge >= 0.3 is 6.09 Å². The number of fused-ring (bicyclic) bond motifs is 5. The van der Waals surface area contributed by atoms with Gasteiger partial charge in [-0.3, -0.25) is 4.90 Å². The van der Waals surface area contributed by atoms with E-state index in [4.69, 9.17) is 5.11 Å². The number of hydrogen-bond acceptors (Lipinski definition) is 2. The van der Waals surface area contributed by atoms with E-state index in [1.807, 2.05) is 4.57 Å². The molecule has 5 nitrogen and oxygen atoms in total. The van der Waals surface area contributed by atoms with Crippen LogP contribution in [-0.2, 0) is 0 Å². The average molecular weight is 177 g/mol. The molecule has 0 aromatic carbocycles. The Kier molecular flexibility index (Phi) is 0.995. The van der Waals surface area contributed by atoms with Crippen LogP contribution in [0.4, 0.5) is 4.79 Å². The van der Waals surface area contributed by atoms with Crippen LogP contribution in [0.15, 0.2) is 18.7 Å². The molecule has 1 aromatic heterocycles. The Bertz CT molecular complexity index is 421. The van der Waals surface area contributed by atoms with Crippen LogP contribution in [0.1, 0.15) is 18.2 Å². The number of carboxylic acid groups (broad SMARTS) is 1. The van der Waals surface area contributed by atoms with Crippen LogP contribution in [0.2, 0.25) is 0 Å². The van der Waals surface area contributed by atoms with E-state index in [0.717, 1.165) is 17.8 Å². The summed E-state index contributed by atoms with van der Waals surface area (Å²) in [6, 6.07) is -0.0463. The molecule has 0 saturated carbocycles. The molecule has 0 saturated heterocycles. The second kappa shape index (κ2) is 1.93. The molecule has 1 unspecified atom stereocenters. The maximum atomic E-state index is 10.8. The molecule has 0 aliphatic carbocycles. The summed E-state index contributed by atoms with van der Waals surface area (Å²) in [7, 11) is 0. The van der Waals surface area contributed by atoms with Crippen molar-refractivity contribution in [1.82, 2.24) is 14.5 Å². The van der Waals surface area contributed by atoms with Gasteiger partial charge in [-0.2, -0.15) is 0 Å². The van der Waals surface area contributed by atoms with Crippen LogP contribution in [0, 0.1) is 0 Å². The maximum Gasteiger partial charge on any atom is 0.412 e. The fourth-order valence-corrected chi connectivity index (χ4v) is 1.99. The molecule has 5 heteroatoms. The molecule has 0 radical (unpaired) electrons. The minimum Gasteiger partial charge on any atom is -0.465 e. The molecular formula is C8H7N3O2. The number of amides is 1. The molecule has 66 valence electrons. The number of rotatable bonds is 0. The molecule has 1 N–H and O–H groups in total. The van der Waals surface area contributed by atoms with Crippen LogP contribution in [0.5, 0.6) is 0 Å². The van der Waals surface area contributed by atoms with Gasteiger partial charge in [0.1, 0.15) is 0 Å². The molecule has 1 amide bonds. The predicted octanol–water partition coefficient (Wildman–Crippen LogP) is 1.12. The highest BCUT2D eigenvalue weighted by Gasteiger charge is 2.39. The summed E-state index contributed by atoms with van der Waals surface area (Å²) >= 11 is 0. The van der Waals surface area contributed by atoms with Crippen molar-refractivity contribution in [3.05, 3.63) is 24.4 Å². The van der Waals surface area contributed by atoms with Crippen molar-refractivity contribution in [3.63, 3.8) is 0 Å². The summed E-state index contributed by atoms with van der Waals surface area (Å²) in [5.41, 5.74) is 1.99. The minimum atomic E-state index is -0.896. The molecule has 1 atom stereocenters. The first-order valence-electron chi connectivity index (χ1n) is 4.02. The zero-order valence-corrected chi connectivity index (χ0v) is 6.71. The number of aromatic nitrogens is 2. The number of nitrogens with zero attached hydrogens (tertiary/aromatic N) is 3. The lowest BCUT2D eigenvalue weighted by Gasteiger charge is -2.19. The lowest BCUT2D eigenvalue weighted by Crippen LogP contribution is -2.26. The van der Waals surface area contributed by atoms with E-state index >= 15 is 0 Å². The zero-order valence-electron chi connectivity index (χ0n) is 6.71. The first-order valence-corrected chi connectivity index (χ1v) is 4.02. The molecule has 2 aliphatic rings. The van der Waals surface area contributed by atoms with E-state index < -0.39 is 6.09 Å². The summed E-state index contributed by atoms with van der Waals surface area (Å²) in [4.78, 5) is 16.1. The van der Waals surface area contributed by atoms with Gasteiger partial charge in [-0.25, -0.2) is 9.78 Å². The molecule has 2 bridgehead atoms. The van der Waals surface area contributed by atoms with Gasteiger partial charge in [0.15, 0.2) is 0 Å². The zero-order chi connectivity index (χ0) is 9.00. The van der Waals surface area contributed by atoms with E-state index in [1.165, 1.54) is 4.90 Å². The second-order valence-corrected chi connectivity index (χ2v) is 3.22. The Morgan fingerprint density at radius 2 is 2.54 bits per heavy atom. The topological polar surface area (TPSA) is 58.4 Å². The van der Waals surface area contributed by atoms with Gasteiger partial charge in [0.05, 0.1) is 24.3 Å². The Hall–Kier alpha value is -1.78. The maximum absolute atomic E-state index is 10.8. The normalized spacial score (nSPS) is 23.2. The average Bonchev–Trinajstić information content (AvgIpc) is 2.75. The summed E-state index contributed by atoms with van der Waals surface area (Å²) < 4.78 is 1.95. The fourth-order valence-electron chi connectivity index (χ4n) is 1.99. The van der Waals surface area contributed by atoms with E-state index in [9.17, 15) is 4.79 Å². The molecule has 1 aromatic rings. The van der Waals surface area contributed by atoms with Gasteiger partial charge < -0.3 is 9.67 Å². The molecule has 3 heterocycles. The highest BCUT2D eigenvalue weighted by Crippen LogP contribution is 2.43. The quantitative estimate of drug-likeness (QED) is 0.646. The second-order valence-electron chi connectivity index (χ2n) is 3.22. The van der Waals surface area contributed by atoms with Gasteiger partial charge in [0.25, 0.3) is 0 Å². The number of imidazole rings is 1. The lowest BCUT2D eigenvalue weighted by molar-refractivity contribution is 0.152. The standard InChI is InChI=1S/C8H7N3O2/c12-8(13)10-3-5-1-6(10)7-2-9-4-11(5)7/h2-4,6H,1H2,(H,12,13). The third-order valence-corrected chi connectivity index (χ3v) is 2.57. The first-order chi connectivity index (χ1) is 6.27. The van der Waals surface area contributed by atoms with Gasteiger partial charge in [-0.05, 0) is 0 Å². The van der Waals surface area contributed by atoms with Crippen molar-refractivity contribution in [2.24, 2.45) is 0 Å². The molecule has 3 rings (SSSR count). The van der Waals surface area contributed by atoms with Gasteiger partial charge in [-0.15, -0.1) is 0 Å². The van der Waals surface area contributed by atoms with Gasteiger partial charge in [-0.1, -0.05) is 0 Å². The third-order valence-electron chi connectivity index (χ3n) is 2.57. The van der Waals surface area contributed by atoms with Gasteiger partial charge in [0, 0.05) is 18.3 Å². The van der Waals surface area contributed by atoms with Crippen molar-refractivity contribution in [1.29, 1.82) is 0 Å². The summed E-state index contributed by atoms with van der Waals surface area (Å²) in [6.07, 6.45) is 5.00. The smallest absolute Gasteiger partial charge is 0.412 e. The van der Waals surface area contributed by atoms with Crippen LogP contribution in [0.3, 0.4) is 0 Å². The Morgan fingerprint density at radius 3 is 3.31 bits per heavy atom. The Morgan fingerprint density at radius 1 is 1.69 bits per heavy atom. The van der Waals surface area contributed by atoms with E-state index in [1.54, 1.807) is 18.7 Å². The van der Waals surface area contributed by atoms with Crippen molar-refractivity contribution < 1.29 is 9.90 Å². The van der Waals surface area contributed by atoms with Crippen molar-refractivity contribution in [3.8, 4) is 0 Å². The summed E-state index contributed by atoms with van der Waals surface area (Å²) in [5.74, 6) is 0. The van der Waals surface area contributed by atoms with E-state index in [2.05, 4.69) is 4.98 Å². The molecule has 0 spiro atoms. The van der Waals surface area contributed by atoms with Crippen molar-refractivity contribution >= 4 is 11.8 Å². The Balaban J connectivity index is 2.13. The van der Waals surface area contributed by atoms with E-state index in [-0.39, 0.29) is 6.04 Å². The minimum absolute atomic E-state index is 0.0463. The van der Waals surface area contributed by atoms with Crippen LogP contribution < -0.4 is 0 Å². The van der Waals surface area contributed by atoms with Crippen molar-refractivity contribution in [2.75, 3.05) is 0 Å². The molecule has 2 aliphatic heterocycles. The lowest BCUT2D eigenvalue weighted by atomic mass is 10.2. The van der Waals surface area contributed by atoms with Crippen LogP contribution in [0.25, 0.3) is 5.70 Å². The largest absolute Gasteiger partial charge is 0.465 e. The number of hydrogen-bond donors (Lipinski definition) is 1. The fraction of sp³-hybridized carbons (Fsp3) is 0.250. The predicted molar refractivity (Wildman–Crippen MR) is 43.7 cm³/mol. The van der Waals surface area contributed by atoms with Crippen LogP contribution >= 0.6 is 0 Å². The highest BCUT2D eigenvalue weighted by molar-refractivity contribution is 5.73. The summed E-state index contributed by atoms with van der Waals surface area (Å²) in [6.45, 7) is 0. The monoisotopic (exact) mass is 177 g/mol. The Labute approximate surface area is 73.9 Å². The molecular weight excluding hydrogens is 170 g/mol. The first kappa shape index (κ1) is 6.71. The van der Waals surface area contributed by atoms with Crippen molar-refractivity contribution in [2.45, 2.75) is 12.5 Å². The third kappa shape index (κ3) is 0.665. The molecule has 13 heavy (non-hydrogen) atoms. The van der Waals surface area contributed by atoms with Crippen LogP contribution in [-0.4, -0.2) is 25.7 Å². The van der Waals surface area contributed by atoms with E-state index in [0.29, 0.717) is 0 Å². The SMILES string of the molecule is O=C(O)N1C=C2CC1c1cncn12. The number of carbonyl (C=O) groups is 1. The highest BCUT2D eigenvalue weighted by atomic mass is 16.4. The van der Waals surface area contributed by atoms with Gasteiger partial charge in [0.2, 0.25) is 0 Å².